The van der Waals surface area contributed by atoms with Gasteiger partial charge in [0, 0.05) is 28.4 Å². The molecule has 1 heterocycles. The zero-order valence-corrected chi connectivity index (χ0v) is 19.8. The summed E-state index contributed by atoms with van der Waals surface area (Å²) in [7, 11) is 4.09. The van der Waals surface area contributed by atoms with E-state index >= 15 is 0 Å². The number of aryl methyl sites for hydroxylation is 1. The molecule has 150 valence electrons. The summed E-state index contributed by atoms with van der Waals surface area (Å²) in [5.41, 5.74) is 1.09. The first-order valence-corrected chi connectivity index (χ1v) is 9.83. The van der Waals surface area contributed by atoms with Crippen LogP contribution in [0.4, 0.5) is 0 Å². The van der Waals surface area contributed by atoms with Gasteiger partial charge in [-0.05, 0) is 46.1 Å². The van der Waals surface area contributed by atoms with E-state index in [1.54, 1.807) is 11.3 Å². The van der Waals surface area contributed by atoms with Crippen molar-refractivity contribution in [3.63, 3.8) is 0 Å². The lowest BCUT2D eigenvalue weighted by Gasteiger charge is -2.14. The topological polar surface area (TPSA) is 48.9 Å². The lowest BCUT2D eigenvalue weighted by Crippen LogP contribution is -2.36. The van der Waals surface area contributed by atoms with E-state index in [4.69, 9.17) is 9.73 Å². The minimum Gasteiger partial charge on any atom is -0.492 e. The van der Waals surface area contributed by atoms with Gasteiger partial charge in [-0.1, -0.05) is 18.2 Å². The maximum Gasteiger partial charge on any atom is 0.191 e. The molecule has 0 saturated carbocycles. The predicted octanol–water partition coefficient (Wildman–Crippen LogP) is 3.87. The molecule has 2 N–H and O–H groups in total. The number of thiophene rings is 1. The highest BCUT2D eigenvalue weighted by atomic mass is 127. The molecular weight excluding hydrogens is 471 g/mol. The number of rotatable bonds is 9. The number of aliphatic imine (C=N–C) groups is 1. The minimum atomic E-state index is 0. The van der Waals surface area contributed by atoms with Crippen LogP contribution in [0.1, 0.15) is 22.2 Å². The summed E-state index contributed by atoms with van der Waals surface area (Å²) < 4.78 is 5.92. The van der Waals surface area contributed by atoms with Crippen LogP contribution in [0.15, 0.2) is 41.4 Å². The molecule has 0 aliphatic carbocycles. The molecule has 0 aliphatic heterocycles. The summed E-state index contributed by atoms with van der Waals surface area (Å²) in [6.07, 6.45) is 0. The Hall–Kier alpha value is -1.32. The van der Waals surface area contributed by atoms with Crippen molar-refractivity contribution in [1.29, 1.82) is 0 Å². The third kappa shape index (κ3) is 8.94. The van der Waals surface area contributed by atoms with E-state index in [1.165, 1.54) is 9.75 Å². The van der Waals surface area contributed by atoms with Crippen LogP contribution in [-0.2, 0) is 13.1 Å². The van der Waals surface area contributed by atoms with Gasteiger partial charge in [-0.25, -0.2) is 4.99 Å². The van der Waals surface area contributed by atoms with E-state index in [1.807, 2.05) is 32.3 Å². The second-order valence-electron chi connectivity index (χ2n) is 6.32. The van der Waals surface area contributed by atoms with Crippen molar-refractivity contribution in [3.8, 4) is 5.75 Å². The molecule has 7 heteroatoms. The lowest BCUT2D eigenvalue weighted by molar-refractivity contribution is 0.259. The van der Waals surface area contributed by atoms with Gasteiger partial charge in [0.1, 0.15) is 12.4 Å². The Balaban J connectivity index is 0.00000364. The van der Waals surface area contributed by atoms with E-state index in [0.717, 1.165) is 36.9 Å². The molecular formula is C20H31IN4OS. The number of hydrogen-bond acceptors (Lipinski definition) is 4. The summed E-state index contributed by atoms with van der Waals surface area (Å²) in [4.78, 5) is 9.46. The van der Waals surface area contributed by atoms with E-state index in [0.29, 0.717) is 13.2 Å². The molecule has 0 atom stereocenters. The first-order chi connectivity index (χ1) is 12.6. The second-order valence-corrected chi connectivity index (χ2v) is 7.69. The van der Waals surface area contributed by atoms with Gasteiger partial charge >= 0.3 is 0 Å². The van der Waals surface area contributed by atoms with Gasteiger partial charge in [-0.3, -0.25) is 0 Å². The number of nitrogens with one attached hydrogen (secondary N) is 2. The zero-order chi connectivity index (χ0) is 18.8. The van der Waals surface area contributed by atoms with Gasteiger partial charge in [0.05, 0.1) is 13.1 Å². The molecule has 0 fully saturated rings. The molecule has 0 bridgehead atoms. The summed E-state index contributed by atoms with van der Waals surface area (Å²) >= 11 is 1.81. The summed E-state index contributed by atoms with van der Waals surface area (Å²) in [5.74, 6) is 1.73. The van der Waals surface area contributed by atoms with Crippen LogP contribution < -0.4 is 15.4 Å². The van der Waals surface area contributed by atoms with Crippen LogP contribution in [0.3, 0.4) is 0 Å². The second kappa shape index (κ2) is 13.0. The predicted molar refractivity (Wildman–Crippen MR) is 127 cm³/mol. The first-order valence-electron chi connectivity index (χ1n) is 9.01. The molecule has 1 aromatic heterocycles. The maximum atomic E-state index is 5.92. The van der Waals surface area contributed by atoms with Gasteiger partial charge in [-0.15, -0.1) is 35.3 Å². The summed E-state index contributed by atoms with van der Waals surface area (Å²) in [6.45, 7) is 7.95. The maximum absolute atomic E-state index is 5.92. The van der Waals surface area contributed by atoms with Crippen molar-refractivity contribution in [2.75, 3.05) is 33.8 Å². The number of halogens is 1. The van der Waals surface area contributed by atoms with Crippen molar-refractivity contribution in [2.45, 2.75) is 26.9 Å². The molecule has 27 heavy (non-hydrogen) atoms. The van der Waals surface area contributed by atoms with Gasteiger partial charge in [-0.2, -0.15) is 0 Å². The number of guanidine groups is 1. The quantitative estimate of drug-likeness (QED) is 0.311. The van der Waals surface area contributed by atoms with Crippen LogP contribution in [0.25, 0.3) is 0 Å². The van der Waals surface area contributed by atoms with E-state index in [-0.39, 0.29) is 24.0 Å². The Morgan fingerprint density at radius 3 is 2.59 bits per heavy atom. The highest BCUT2D eigenvalue weighted by Crippen LogP contribution is 2.19. The molecule has 5 nitrogen and oxygen atoms in total. The third-order valence-corrected chi connectivity index (χ3v) is 4.75. The highest BCUT2D eigenvalue weighted by molar-refractivity contribution is 14.0. The van der Waals surface area contributed by atoms with Gasteiger partial charge in [0.25, 0.3) is 0 Å². The average Bonchev–Trinajstić information content (AvgIpc) is 3.03. The highest BCUT2D eigenvalue weighted by Gasteiger charge is 2.05. The van der Waals surface area contributed by atoms with Crippen molar-refractivity contribution < 1.29 is 4.74 Å². The molecule has 0 aliphatic rings. The number of para-hydroxylation sites is 1. The average molecular weight is 502 g/mol. The van der Waals surface area contributed by atoms with Crippen molar-refractivity contribution in [2.24, 2.45) is 4.99 Å². The van der Waals surface area contributed by atoms with Crippen molar-refractivity contribution in [1.82, 2.24) is 15.5 Å². The van der Waals surface area contributed by atoms with Crippen LogP contribution in [-0.4, -0.2) is 44.7 Å². The fourth-order valence-electron chi connectivity index (χ4n) is 2.37. The summed E-state index contributed by atoms with van der Waals surface area (Å²) in [6, 6.07) is 12.4. The molecule has 1 aromatic carbocycles. The molecule has 0 saturated heterocycles. The smallest absolute Gasteiger partial charge is 0.191 e. The van der Waals surface area contributed by atoms with Crippen molar-refractivity contribution in [3.05, 3.63) is 51.7 Å². The van der Waals surface area contributed by atoms with Crippen LogP contribution >= 0.6 is 35.3 Å². The SMILES string of the molecule is CCNC(=NCc1ccccc1OCCN(C)C)NCc1ccc(C)s1.I. The van der Waals surface area contributed by atoms with Gasteiger partial charge in [0.2, 0.25) is 0 Å². The largest absolute Gasteiger partial charge is 0.492 e. The first kappa shape index (κ1) is 23.7. The summed E-state index contributed by atoms with van der Waals surface area (Å²) in [5, 5.41) is 6.70. The van der Waals surface area contributed by atoms with E-state index < -0.39 is 0 Å². The third-order valence-electron chi connectivity index (χ3n) is 3.75. The number of likely N-dealkylation sites (N-methyl/N-ethyl adjacent to an activating group) is 1. The number of benzene rings is 1. The molecule has 0 unspecified atom stereocenters. The fourth-order valence-corrected chi connectivity index (χ4v) is 3.20. The van der Waals surface area contributed by atoms with Gasteiger partial charge < -0.3 is 20.3 Å². The zero-order valence-electron chi connectivity index (χ0n) is 16.6. The fraction of sp³-hybridized carbons (Fsp3) is 0.450. The number of ether oxygens (including phenoxy) is 1. The molecule has 2 rings (SSSR count). The van der Waals surface area contributed by atoms with Crippen molar-refractivity contribution >= 4 is 41.3 Å². The van der Waals surface area contributed by atoms with E-state index in [2.05, 4.69) is 47.6 Å². The Labute approximate surface area is 184 Å². The molecule has 2 aromatic rings. The van der Waals surface area contributed by atoms with Crippen LogP contribution in [0, 0.1) is 6.92 Å². The van der Waals surface area contributed by atoms with Crippen LogP contribution in [0.5, 0.6) is 5.75 Å². The molecule has 0 radical (unpaired) electrons. The Kier molecular flexibility index (Phi) is 11.4. The van der Waals surface area contributed by atoms with E-state index in [9.17, 15) is 0 Å². The van der Waals surface area contributed by atoms with Crippen LogP contribution in [0.2, 0.25) is 0 Å². The number of hydrogen-bond donors (Lipinski definition) is 2. The Morgan fingerprint density at radius 1 is 1.15 bits per heavy atom. The Bertz CT molecular complexity index is 703. The number of nitrogens with zero attached hydrogens (tertiary/aromatic N) is 2. The monoisotopic (exact) mass is 502 g/mol. The molecule has 0 spiro atoms. The molecule has 0 amide bonds. The van der Waals surface area contributed by atoms with Gasteiger partial charge in [0.15, 0.2) is 5.96 Å². The lowest BCUT2D eigenvalue weighted by atomic mass is 10.2. The Morgan fingerprint density at radius 2 is 1.93 bits per heavy atom. The normalized spacial score (nSPS) is 11.2. The standard InChI is InChI=1S/C20H30N4OS.HI/c1-5-21-20(23-15-18-11-10-16(2)26-18)22-14-17-8-6-7-9-19(17)25-13-12-24(3)4;/h6-11H,5,12-15H2,1-4H3,(H2,21,22,23);1H. The minimum absolute atomic E-state index is 0.